The van der Waals surface area contributed by atoms with Crippen molar-refractivity contribution in [2.75, 3.05) is 0 Å². The van der Waals surface area contributed by atoms with Gasteiger partial charge in [0.2, 0.25) is 0 Å². The number of oxazole rings is 1. The van der Waals surface area contributed by atoms with Crippen molar-refractivity contribution in [3.63, 3.8) is 0 Å². The van der Waals surface area contributed by atoms with Crippen LogP contribution in [0.1, 0.15) is 25.7 Å². The van der Waals surface area contributed by atoms with Crippen molar-refractivity contribution in [3.8, 4) is 11.3 Å². The van der Waals surface area contributed by atoms with Gasteiger partial charge in [0.1, 0.15) is 17.8 Å². The summed E-state index contributed by atoms with van der Waals surface area (Å²) >= 11 is 3.15. The fourth-order valence-corrected chi connectivity index (χ4v) is 1.72. The quantitative estimate of drug-likeness (QED) is 0.818. The Hall–Kier alpha value is -1.16. The summed E-state index contributed by atoms with van der Waals surface area (Å²) in [6.07, 6.45) is 1.59. The van der Waals surface area contributed by atoms with Gasteiger partial charge in [-0.15, -0.1) is 0 Å². The second-order valence-corrected chi connectivity index (χ2v) is 4.71. The van der Waals surface area contributed by atoms with Crippen LogP contribution in [0.3, 0.4) is 0 Å². The van der Waals surface area contributed by atoms with Gasteiger partial charge in [-0.25, -0.2) is 9.37 Å². The molecule has 0 atom stereocenters. The van der Waals surface area contributed by atoms with Gasteiger partial charge < -0.3 is 4.42 Å². The van der Waals surface area contributed by atoms with Crippen molar-refractivity contribution in [2.24, 2.45) is 0 Å². The standard InChI is InChI=1S/C12H11BrFNO/c1-7(2)12-15-11(6-16-12)8-3-4-10(14)9(13)5-8/h3-7H,1-2H3. The van der Waals surface area contributed by atoms with Crippen LogP contribution in [-0.2, 0) is 0 Å². The maximum absolute atomic E-state index is 13.1. The minimum atomic E-state index is -0.281. The van der Waals surface area contributed by atoms with Gasteiger partial charge in [-0.2, -0.15) is 0 Å². The molecule has 0 aliphatic carbocycles. The first-order chi connectivity index (χ1) is 7.58. The molecule has 1 heterocycles. The Kier molecular flexibility index (Phi) is 3.10. The highest BCUT2D eigenvalue weighted by atomic mass is 79.9. The van der Waals surface area contributed by atoms with E-state index in [0.29, 0.717) is 10.4 Å². The number of nitrogens with zero attached hydrogens (tertiary/aromatic N) is 1. The highest BCUT2D eigenvalue weighted by Gasteiger charge is 2.10. The van der Waals surface area contributed by atoms with Gasteiger partial charge in [-0.3, -0.25) is 0 Å². The minimum absolute atomic E-state index is 0.248. The summed E-state index contributed by atoms with van der Waals surface area (Å²) in [5, 5.41) is 0. The second kappa shape index (κ2) is 4.37. The van der Waals surface area contributed by atoms with Gasteiger partial charge in [-0.05, 0) is 34.1 Å². The van der Waals surface area contributed by atoms with Gasteiger partial charge in [0, 0.05) is 11.5 Å². The molecule has 0 saturated carbocycles. The van der Waals surface area contributed by atoms with Gasteiger partial charge in [0.15, 0.2) is 5.89 Å². The molecule has 0 bridgehead atoms. The van der Waals surface area contributed by atoms with E-state index in [0.717, 1.165) is 11.3 Å². The Bertz CT molecular complexity index is 507. The molecule has 0 aliphatic heterocycles. The van der Waals surface area contributed by atoms with Crippen LogP contribution in [0.15, 0.2) is 33.4 Å². The van der Waals surface area contributed by atoms with E-state index in [2.05, 4.69) is 20.9 Å². The lowest BCUT2D eigenvalue weighted by molar-refractivity contribution is 0.471. The lowest BCUT2D eigenvalue weighted by Gasteiger charge is -1.98. The van der Waals surface area contributed by atoms with Crippen LogP contribution in [0.25, 0.3) is 11.3 Å². The third kappa shape index (κ3) is 2.16. The van der Waals surface area contributed by atoms with Crippen LogP contribution < -0.4 is 0 Å². The zero-order chi connectivity index (χ0) is 11.7. The molecule has 84 valence electrons. The van der Waals surface area contributed by atoms with Crippen molar-refractivity contribution < 1.29 is 8.81 Å². The Balaban J connectivity index is 2.39. The molecule has 1 aromatic heterocycles. The number of rotatable bonds is 2. The maximum Gasteiger partial charge on any atom is 0.197 e. The molecule has 0 amide bonds. The first-order valence-corrected chi connectivity index (χ1v) is 5.78. The number of halogens is 2. The summed E-state index contributed by atoms with van der Waals surface area (Å²) < 4.78 is 18.8. The summed E-state index contributed by atoms with van der Waals surface area (Å²) in [5.74, 6) is 0.657. The summed E-state index contributed by atoms with van der Waals surface area (Å²) in [4.78, 5) is 4.34. The molecular formula is C12H11BrFNO. The molecule has 16 heavy (non-hydrogen) atoms. The zero-order valence-corrected chi connectivity index (χ0v) is 10.6. The van der Waals surface area contributed by atoms with Gasteiger partial charge in [-0.1, -0.05) is 13.8 Å². The van der Waals surface area contributed by atoms with E-state index in [-0.39, 0.29) is 11.7 Å². The molecule has 0 saturated heterocycles. The van der Waals surface area contributed by atoms with E-state index < -0.39 is 0 Å². The Morgan fingerprint density at radius 2 is 2.12 bits per heavy atom. The molecule has 0 unspecified atom stereocenters. The summed E-state index contributed by atoms with van der Waals surface area (Å²) in [6.45, 7) is 4.02. The van der Waals surface area contributed by atoms with E-state index in [9.17, 15) is 4.39 Å². The van der Waals surface area contributed by atoms with Crippen molar-refractivity contribution in [1.29, 1.82) is 0 Å². The number of hydrogen-bond donors (Lipinski definition) is 0. The Labute approximate surface area is 102 Å². The fourth-order valence-electron chi connectivity index (χ4n) is 1.34. The van der Waals surface area contributed by atoms with Crippen LogP contribution in [0.4, 0.5) is 4.39 Å². The molecule has 2 nitrogen and oxygen atoms in total. The molecule has 0 spiro atoms. The average molecular weight is 284 g/mol. The molecule has 0 fully saturated rings. The second-order valence-electron chi connectivity index (χ2n) is 3.85. The monoisotopic (exact) mass is 283 g/mol. The fraction of sp³-hybridized carbons (Fsp3) is 0.250. The molecule has 1 aromatic carbocycles. The molecule has 2 rings (SSSR count). The van der Waals surface area contributed by atoms with E-state index >= 15 is 0 Å². The first-order valence-electron chi connectivity index (χ1n) is 4.99. The minimum Gasteiger partial charge on any atom is -0.448 e. The normalized spacial score (nSPS) is 11.1. The van der Waals surface area contributed by atoms with E-state index in [1.165, 1.54) is 6.07 Å². The molecule has 2 aromatic rings. The van der Waals surface area contributed by atoms with Crippen molar-refractivity contribution in [3.05, 3.63) is 40.6 Å². The average Bonchev–Trinajstić information content (AvgIpc) is 2.71. The van der Waals surface area contributed by atoms with E-state index in [1.54, 1.807) is 18.4 Å². The Morgan fingerprint density at radius 1 is 1.38 bits per heavy atom. The van der Waals surface area contributed by atoms with Crippen LogP contribution >= 0.6 is 15.9 Å². The highest BCUT2D eigenvalue weighted by molar-refractivity contribution is 9.10. The molecule has 4 heteroatoms. The molecule has 0 radical (unpaired) electrons. The van der Waals surface area contributed by atoms with Gasteiger partial charge >= 0.3 is 0 Å². The summed E-state index contributed by atoms with van der Waals surface area (Å²) in [5.41, 5.74) is 1.56. The summed E-state index contributed by atoms with van der Waals surface area (Å²) in [6, 6.07) is 4.78. The predicted octanol–water partition coefficient (Wildman–Crippen LogP) is 4.37. The van der Waals surface area contributed by atoms with Crippen LogP contribution in [0.5, 0.6) is 0 Å². The maximum atomic E-state index is 13.1. The smallest absolute Gasteiger partial charge is 0.197 e. The first kappa shape index (κ1) is 11.3. The lowest BCUT2D eigenvalue weighted by Crippen LogP contribution is -1.87. The highest BCUT2D eigenvalue weighted by Crippen LogP contribution is 2.26. The predicted molar refractivity (Wildman–Crippen MR) is 63.7 cm³/mol. The summed E-state index contributed by atoms with van der Waals surface area (Å²) in [7, 11) is 0. The van der Waals surface area contributed by atoms with Crippen molar-refractivity contribution in [1.82, 2.24) is 4.98 Å². The third-order valence-electron chi connectivity index (χ3n) is 2.23. The number of benzene rings is 1. The van der Waals surface area contributed by atoms with Crippen LogP contribution in [-0.4, -0.2) is 4.98 Å². The zero-order valence-electron chi connectivity index (χ0n) is 9.00. The van der Waals surface area contributed by atoms with E-state index in [4.69, 9.17) is 4.42 Å². The van der Waals surface area contributed by atoms with Crippen LogP contribution in [0.2, 0.25) is 0 Å². The number of hydrogen-bond acceptors (Lipinski definition) is 2. The van der Waals surface area contributed by atoms with Crippen LogP contribution in [0, 0.1) is 5.82 Å². The SMILES string of the molecule is CC(C)c1nc(-c2ccc(F)c(Br)c2)co1. The topological polar surface area (TPSA) is 26.0 Å². The van der Waals surface area contributed by atoms with Gasteiger partial charge in [0.25, 0.3) is 0 Å². The molecule has 0 N–H and O–H groups in total. The number of aromatic nitrogens is 1. The van der Waals surface area contributed by atoms with E-state index in [1.807, 2.05) is 13.8 Å². The third-order valence-corrected chi connectivity index (χ3v) is 2.84. The molecular weight excluding hydrogens is 273 g/mol. The Morgan fingerprint density at radius 3 is 2.69 bits per heavy atom. The molecule has 0 aliphatic rings. The lowest BCUT2D eigenvalue weighted by atomic mass is 10.2. The van der Waals surface area contributed by atoms with Gasteiger partial charge in [0.05, 0.1) is 4.47 Å². The van der Waals surface area contributed by atoms with Crippen molar-refractivity contribution in [2.45, 2.75) is 19.8 Å². The largest absolute Gasteiger partial charge is 0.448 e. The van der Waals surface area contributed by atoms with Crippen molar-refractivity contribution >= 4 is 15.9 Å².